The second-order valence-electron chi connectivity index (χ2n) is 7.64. The van der Waals surface area contributed by atoms with E-state index in [4.69, 9.17) is 5.26 Å². The second kappa shape index (κ2) is 10.5. The first-order chi connectivity index (χ1) is 15.7. The van der Waals surface area contributed by atoms with Crippen LogP contribution in [0, 0.1) is 40.5 Å². The van der Waals surface area contributed by atoms with Crippen LogP contribution in [0.15, 0.2) is 4.99 Å². The summed E-state index contributed by atoms with van der Waals surface area (Å²) in [5.41, 5.74) is -1.42. The number of hydrogen-bond acceptors (Lipinski definition) is 4. The normalized spacial score (nSPS) is 19.3. The van der Waals surface area contributed by atoms with E-state index in [0.29, 0.717) is 32.5 Å². The Labute approximate surface area is 186 Å². The molecule has 2 N–H and O–H groups in total. The van der Waals surface area contributed by atoms with Gasteiger partial charge in [0.1, 0.15) is 11.7 Å². The summed E-state index contributed by atoms with van der Waals surface area (Å²) in [6, 6.07) is -1.14. The molecule has 178 valence electrons. The third-order valence-corrected chi connectivity index (χ3v) is 5.45. The van der Waals surface area contributed by atoms with Gasteiger partial charge < -0.3 is 15.1 Å². The van der Waals surface area contributed by atoms with Crippen LogP contribution < -0.4 is 10.6 Å². The Hall–Kier alpha value is -3.43. The van der Waals surface area contributed by atoms with Crippen molar-refractivity contribution in [3.8, 4) is 6.19 Å². The van der Waals surface area contributed by atoms with Crippen molar-refractivity contribution in [3.63, 3.8) is 0 Å². The topological polar surface area (TPSA) is 101 Å². The van der Waals surface area contributed by atoms with E-state index in [1.165, 1.54) is 11.1 Å². The van der Waals surface area contributed by atoms with Crippen molar-refractivity contribution in [1.29, 1.82) is 5.26 Å². The van der Waals surface area contributed by atoms with Gasteiger partial charge in [0.2, 0.25) is 23.6 Å². The van der Waals surface area contributed by atoms with Gasteiger partial charge in [0.05, 0.1) is 6.54 Å². The minimum atomic E-state index is -2.33. The average Bonchev–Trinajstić information content (AvgIpc) is 3.29. The number of carbonyl (C=O) groups excluding carboxylic acids is 2. The summed E-state index contributed by atoms with van der Waals surface area (Å²) >= 11 is 0. The Balaban J connectivity index is 1.84. The zero-order valence-corrected chi connectivity index (χ0v) is 17.4. The highest BCUT2D eigenvalue weighted by atomic mass is 19.2. The molecule has 2 aliphatic rings. The van der Waals surface area contributed by atoms with Crippen LogP contribution in [-0.4, -0.2) is 59.8 Å². The number of aliphatic imine (C=N–C) groups is 1. The number of guanidine groups is 1. The first kappa shape index (κ1) is 24.2. The molecule has 0 bridgehead atoms. The molecule has 0 radical (unpaired) electrons. The summed E-state index contributed by atoms with van der Waals surface area (Å²) in [4.78, 5) is 32.4. The maximum atomic E-state index is 14.0. The van der Waals surface area contributed by atoms with Crippen LogP contribution >= 0.6 is 0 Å². The molecule has 2 heterocycles. The van der Waals surface area contributed by atoms with Crippen LogP contribution in [0.4, 0.5) is 27.6 Å². The molecule has 1 aromatic rings. The predicted octanol–water partition coefficient (Wildman–Crippen LogP) is 2.22. The van der Waals surface area contributed by atoms with Crippen molar-refractivity contribution in [2.24, 2.45) is 4.99 Å². The van der Waals surface area contributed by atoms with Crippen molar-refractivity contribution in [2.75, 3.05) is 31.5 Å². The minimum absolute atomic E-state index is 0.156. The number of halogens is 5. The van der Waals surface area contributed by atoms with Gasteiger partial charge >= 0.3 is 0 Å². The first-order valence-corrected chi connectivity index (χ1v) is 10.3. The molecular weight excluding hydrogens is 451 g/mol. The molecule has 0 aromatic heterocycles. The number of rotatable bonds is 4. The third kappa shape index (κ3) is 5.32. The van der Waals surface area contributed by atoms with Crippen LogP contribution in [0.2, 0.25) is 0 Å². The molecule has 2 fully saturated rings. The van der Waals surface area contributed by atoms with Crippen molar-refractivity contribution < 1.29 is 31.5 Å². The third-order valence-electron chi connectivity index (χ3n) is 5.45. The fraction of sp³-hybridized carbons (Fsp3) is 0.500. The van der Waals surface area contributed by atoms with Crippen molar-refractivity contribution in [2.45, 2.75) is 38.1 Å². The molecule has 13 heteroatoms. The predicted molar refractivity (Wildman–Crippen MR) is 106 cm³/mol. The van der Waals surface area contributed by atoms with Gasteiger partial charge in [-0.3, -0.25) is 14.9 Å². The van der Waals surface area contributed by atoms with Gasteiger partial charge in [-0.1, -0.05) is 0 Å². The van der Waals surface area contributed by atoms with E-state index in [-0.39, 0.29) is 18.9 Å². The number of carbonyl (C=O) groups is 2. The van der Waals surface area contributed by atoms with Crippen molar-refractivity contribution in [1.82, 2.24) is 15.1 Å². The molecule has 2 aliphatic heterocycles. The molecule has 1 aromatic carbocycles. The van der Waals surface area contributed by atoms with Gasteiger partial charge in [-0.15, -0.1) is 0 Å². The fourth-order valence-electron chi connectivity index (χ4n) is 3.73. The molecule has 0 saturated carbocycles. The van der Waals surface area contributed by atoms with Crippen molar-refractivity contribution in [3.05, 3.63) is 29.1 Å². The van der Waals surface area contributed by atoms with Gasteiger partial charge in [0, 0.05) is 19.6 Å². The average molecular weight is 472 g/mol. The molecule has 2 saturated heterocycles. The van der Waals surface area contributed by atoms with Crippen LogP contribution in [0.1, 0.15) is 32.1 Å². The standard InChI is InChI=1S/C20H21F5N6O2/c21-13-14(22)16(24)18(17(25)15(13)23)29-20(27-10-26)28-11-5-1-2-8-31(19(11)33)9-12(32)30-6-3-4-7-30/h11H,1-9H2,(H2,27,28,29). The molecule has 8 nitrogen and oxygen atoms in total. The van der Waals surface area contributed by atoms with Crippen LogP contribution in [0.5, 0.6) is 0 Å². The summed E-state index contributed by atoms with van der Waals surface area (Å²) in [5, 5.41) is 12.8. The van der Waals surface area contributed by atoms with Crippen molar-refractivity contribution >= 4 is 23.5 Å². The van der Waals surface area contributed by atoms with Gasteiger partial charge in [-0.2, -0.15) is 5.26 Å². The molecule has 1 atom stereocenters. The largest absolute Gasteiger partial charge is 0.341 e. The first-order valence-electron chi connectivity index (χ1n) is 10.3. The van der Waals surface area contributed by atoms with Gasteiger partial charge in [-0.25, -0.2) is 26.9 Å². The van der Waals surface area contributed by atoms with E-state index >= 15 is 0 Å². The molecule has 1 unspecified atom stereocenters. The van der Waals surface area contributed by atoms with E-state index in [2.05, 4.69) is 4.99 Å². The lowest BCUT2D eigenvalue weighted by Crippen LogP contribution is -2.45. The number of amides is 2. The number of benzene rings is 1. The number of hydrogen-bond donors (Lipinski definition) is 2. The monoisotopic (exact) mass is 472 g/mol. The Morgan fingerprint density at radius 1 is 0.970 bits per heavy atom. The quantitative estimate of drug-likeness (QED) is 0.133. The van der Waals surface area contributed by atoms with Crippen LogP contribution in [-0.2, 0) is 9.59 Å². The van der Waals surface area contributed by atoms with Gasteiger partial charge in [0.15, 0.2) is 29.5 Å². The minimum Gasteiger partial charge on any atom is -0.341 e. The van der Waals surface area contributed by atoms with Crippen LogP contribution in [0.3, 0.4) is 0 Å². The SMILES string of the molecule is N#CNC(=NC1CCCCN(CC(=O)N2CCCC2)C1=O)Nc1c(F)c(F)c(F)c(F)c1F. The highest BCUT2D eigenvalue weighted by molar-refractivity contribution is 5.97. The number of nitrogens with zero attached hydrogens (tertiary/aromatic N) is 4. The van der Waals surface area contributed by atoms with E-state index in [0.717, 1.165) is 12.8 Å². The highest BCUT2D eigenvalue weighted by Gasteiger charge is 2.31. The number of anilines is 1. The summed E-state index contributed by atoms with van der Waals surface area (Å²) < 4.78 is 68.3. The molecule has 2 amide bonds. The lowest BCUT2D eigenvalue weighted by Gasteiger charge is -2.25. The number of likely N-dealkylation sites (tertiary alicyclic amines) is 2. The molecule has 33 heavy (non-hydrogen) atoms. The fourth-order valence-corrected chi connectivity index (χ4v) is 3.73. The number of nitriles is 1. The molecule has 0 spiro atoms. The van der Waals surface area contributed by atoms with Crippen LogP contribution in [0.25, 0.3) is 0 Å². The zero-order chi connectivity index (χ0) is 24.1. The molecular formula is C20H21F5N6O2. The van der Waals surface area contributed by atoms with Gasteiger partial charge in [0.25, 0.3) is 0 Å². The lowest BCUT2D eigenvalue weighted by atomic mass is 10.1. The van der Waals surface area contributed by atoms with Gasteiger partial charge in [-0.05, 0) is 32.1 Å². The van der Waals surface area contributed by atoms with E-state index in [9.17, 15) is 31.5 Å². The highest BCUT2D eigenvalue weighted by Crippen LogP contribution is 2.27. The zero-order valence-electron chi connectivity index (χ0n) is 17.4. The summed E-state index contributed by atoms with van der Waals surface area (Å²) in [7, 11) is 0. The lowest BCUT2D eigenvalue weighted by molar-refractivity contribution is -0.140. The summed E-state index contributed by atoms with van der Waals surface area (Å²) in [6.07, 6.45) is 4.51. The maximum absolute atomic E-state index is 14.0. The Morgan fingerprint density at radius 2 is 1.55 bits per heavy atom. The van der Waals surface area contributed by atoms with E-state index in [1.807, 2.05) is 10.6 Å². The maximum Gasteiger partial charge on any atom is 0.247 e. The van der Waals surface area contributed by atoms with E-state index < -0.39 is 52.7 Å². The Kier molecular flexibility index (Phi) is 7.67. The summed E-state index contributed by atoms with van der Waals surface area (Å²) in [6.45, 7) is 1.38. The summed E-state index contributed by atoms with van der Waals surface area (Å²) in [5.74, 6) is -12.4. The smallest absolute Gasteiger partial charge is 0.247 e. The Morgan fingerprint density at radius 3 is 2.15 bits per heavy atom. The number of nitrogens with one attached hydrogen (secondary N) is 2. The molecule has 0 aliphatic carbocycles. The second-order valence-corrected chi connectivity index (χ2v) is 7.64. The Bertz CT molecular complexity index is 977. The van der Waals surface area contributed by atoms with E-state index in [1.54, 1.807) is 4.90 Å². The molecule has 3 rings (SSSR count).